The fourth-order valence-corrected chi connectivity index (χ4v) is 1.16. The summed E-state index contributed by atoms with van der Waals surface area (Å²) in [5.74, 6) is 0. The predicted octanol–water partition coefficient (Wildman–Crippen LogP) is 1.76. The molecule has 0 radical (unpaired) electrons. The molecule has 2 nitrogen and oxygen atoms in total. The zero-order chi connectivity index (χ0) is 7.28. The molecule has 0 fully saturated rings. The van der Waals surface area contributed by atoms with Crippen molar-refractivity contribution in [1.29, 1.82) is 0 Å². The maximum Gasteiger partial charge on any atom is 0.203 e. The molecule has 0 heterocycles. The summed E-state index contributed by atoms with van der Waals surface area (Å²) in [4.78, 5) is 10.7. The van der Waals surface area contributed by atoms with Crippen LogP contribution in [0.5, 0.6) is 0 Å². The normalized spacial score (nSPS) is 12.7. The highest BCUT2D eigenvalue weighted by atomic mass is 31.1. The van der Waals surface area contributed by atoms with Crippen molar-refractivity contribution >= 4 is 13.7 Å². The first-order valence-electron chi connectivity index (χ1n) is 2.75. The van der Waals surface area contributed by atoms with Crippen LogP contribution in [0.15, 0.2) is 12.7 Å². The Bertz CT molecular complexity index is 112. The largest absolute Gasteiger partial charge is 0.352 e. The third-order valence-corrected chi connectivity index (χ3v) is 2.26. The zero-order valence-electron chi connectivity index (χ0n) is 5.76. The molecular formula is C6H11O2P. The van der Waals surface area contributed by atoms with E-state index in [1.54, 1.807) is 6.66 Å². The van der Waals surface area contributed by atoms with Gasteiger partial charge >= 0.3 is 0 Å². The number of hydrogen-bond donors (Lipinski definition) is 0. The molecule has 3 heteroatoms. The molecule has 52 valence electrons. The Morgan fingerprint density at radius 2 is 2.44 bits per heavy atom. The molecule has 0 amide bonds. The number of carbonyl (C=O) groups is 1. The first-order valence-corrected chi connectivity index (χ1v) is 4.46. The summed E-state index contributed by atoms with van der Waals surface area (Å²) in [6, 6.07) is 0. The second kappa shape index (κ2) is 4.66. The first kappa shape index (κ1) is 8.80. The fraction of sp³-hybridized carbons (Fsp3) is 0.500. The van der Waals surface area contributed by atoms with Crippen LogP contribution in [-0.4, -0.2) is 18.8 Å². The predicted molar refractivity (Wildman–Crippen MR) is 39.7 cm³/mol. The molecule has 0 rings (SSSR count). The summed E-state index contributed by atoms with van der Waals surface area (Å²) < 4.78 is 5.04. The Kier molecular flexibility index (Phi) is 4.55. The van der Waals surface area contributed by atoms with E-state index in [1.165, 1.54) is 6.08 Å². The molecule has 0 N–H and O–H groups in total. The van der Waals surface area contributed by atoms with E-state index in [0.29, 0.717) is 6.61 Å². The smallest absolute Gasteiger partial charge is 0.203 e. The number of carbonyl (C=O) groups excluding carboxylic acids is 1. The molecule has 0 aromatic carbocycles. The lowest BCUT2D eigenvalue weighted by atomic mass is 10.7. The molecule has 1 unspecified atom stereocenters. The van der Waals surface area contributed by atoms with E-state index in [9.17, 15) is 4.79 Å². The maximum atomic E-state index is 10.7. The Hall–Kier alpha value is -0.200. The lowest BCUT2D eigenvalue weighted by Crippen LogP contribution is -1.92. The second-order valence-corrected chi connectivity index (χ2v) is 3.15. The SMILES string of the molecule is C=CC(=O)P(C)OCC. The highest BCUT2D eigenvalue weighted by Gasteiger charge is 2.06. The summed E-state index contributed by atoms with van der Waals surface area (Å²) >= 11 is 0. The monoisotopic (exact) mass is 146 g/mol. The standard InChI is InChI=1S/C6H11O2P/c1-4-6(7)9(3)8-5-2/h4H,1,5H2,2-3H3. The van der Waals surface area contributed by atoms with E-state index < -0.39 is 8.15 Å². The van der Waals surface area contributed by atoms with Crippen molar-refractivity contribution in [3.63, 3.8) is 0 Å². The minimum absolute atomic E-state index is 0.00634. The van der Waals surface area contributed by atoms with Crippen molar-refractivity contribution in [3.05, 3.63) is 12.7 Å². The minimum atomic E-state index is -0.899. The maximum absolute atomic E-state index is 10.7. The molecular weight excluding hydrogens is 135 g/mol. The van der Waals surface area contributed by atoms with E-state index in [4.69, 9.17) is 4.52 Å². The number of rotatable bonds is 4. The summed E-state index contributed by atoms with van der Waals surface area (Å²) in [6.45, 7) is 7.60. The topological polar surface area (TPSA) is 26.3 Å². The van der Waals surface area contributed by atoms with E-state index >= 15 is 0 Å². The third-order valence-electron chi connectivity index (χ3n) is 0.808. The molecule has 0 aliphatic heterocycles. The van der Waals surface area contributed by atoms with Crippen molar-refractivity contribution in [2.45, 2.75) is 6.92 Å². The van der Waals surface area contributed by atoms with Gasteiger partial charge in [0.2, 0.25) is 5.52 Å². The molecule has 0 aromatic heterocycles. The van der Waals surface area contributed by atoms with Gasteiger partial charge in [0.05, 0.1) is 8.15 Å². The molecule has 0 aromatic rings. The third kappa shape index (κ3) is 3.39. The lowest BCUT2D eigenvalue weighted by molar-refractivity contribution is -0.108. The van der Waals surface area contributed by atoms with Crippen molar-refractivity contribution < 1.29 is 9.32 Å². The molecule has 0 bridgehead atoms. The molecule has 0 saturated heterocycles. The van der Waals surface area contributed by atoms with Gasteiger partial charge in [-0.2, -0.15) is 0 Å². The Morgan fingerprint density at radius 3 is 2.78 bits per heavy atom. The van der Waals surface area contributed by atoms with Crippen molar-refractivity contribution in [2.75, 3.05) is 13.3 Å². The van der Waals surface area contributed by atoms with Crippen LogP contribution < -0.4 is 0 Å². The molecule has 0 spiro atoms. The van der Waals surface area contributed by atoms with Crippen LogP contribution in [0.4, 0.5) is 0 Å². The molecule has 0 saturated carbocycles. The lowest BCUT2D eigenvalue weighted by Gasteiger charge is -2.04. The Morgan fingerprint density at radius 1 is 1.89 bits per heavy atom. The van der Waals surface area contributed by atoms with Gasteiger partial charge in [0.25, 0.3) is 0 Å². The van der Waals surface area contributed by atoms with Gasteiger partial charge in [-0.15, -0.1) is 0 Å². The minimum Gasteiger partial charge on any atom is -0.352 e. The molecule has 9 heavy (non-hydrogen) atoms. The van der Waals surface area contributed by atoms with Gasteiger partial charge in [0.15, 0.2) is 0 Å². The van der Waals surface area contributed by atoms with Gasteiger partial charge < -0.3 is 4.52 Å². The van der Waals surface area contributed by atoms with E-state index in [1.807, 2.05) is 6.92 Å². The molecule has 0 aliphatic rings. The van der Waals surface area contributed by atoms with E-state index in [-0.39, 0.29) is 5.52 Å². The summed E-state index contributed by atoms with van der Waals surface area (Å²) in [5.41, 5.74) is 0.00634. The second-order valence-electron chi connectivity index (χ2n) is 1.46. The van der Waals surface area contributed by atoms with Crippen LogP contribution in [0.3, 0.4) is 0 Å². The highest BCUT2D eigenvalue weighted by Crippen LogP contribution is 2.32. The van der Waals surface area contributed by atoms with Gasteiger partial charge in [-0.05, 0) is 19.7 Å². The van der Waals surface area contributed by atoms with Gasteiger partial charge in [0.1, 0.15) is 0 Å². The molecule has 0 aliphatic carbocycles. The van der Waals surface area contributed by atoms with E-state index in [2.05, 4.69) is 6.58 Å². The van der Waals surface area contributed by atoms with Gasteiger partial charge in [-0.25, -0.2) is 0 Å². The average Bonchev–Trinajstić information content (AvgIpc) is 1.87. The zero-order valence-corrected chi connectivity index (χ0v) is 6.65. The van der Waals surface area contributed by atoms with Crippen LogP contribution in [0.2, 0.25) is 0 Å². The Labute approximate surface area is 56.7 Å². The van der Waals surface area contributed by atoms with Crippen LogP contribution in [0, 0.1) is 0 Å². The molecule has 1 atom stereocenters. The van der Waals surface area contributed by atoms with Crippen LogP contribution in [0.1, 0.15) is 6.92 Å². The van der Waals surface area contributed by atoms with Gasteiger partial charge in [-0.3, -0.25) is 4.79 Å². The van der Waals surface area contributed by atoms with Crippen molar-refractivity contribution in [3.8, 4) is 0 Å². The van der Waals surface area contributed by atoms with Crippen LogP contribution in [0.25, 0.3) is 0 Å². The summed E-state index contributed by atoms with van der Waals surface area (Å²) in [5, 5.41) is 0. The quantitative estimate of drug-likeness (QED) is 0.446. The number of allylic oxidation sites excluding steroid dienone is 1. The number of hydrogen-bond acceptors (Lipinski definition) is 2. The average molecular weight is 146 g/mol. The van der Waals surface area contributed by atoms with Crippen molar-refractivity contribution in [1.82, 2.24) is 0 Å². The fourth-order valence-electron chi connectivity index (χ4n) is 0.386. The summed E-state index contributed by atoms with van der Waals surface area (Å²) in [7, 11) is -0.899. The van der Waals surface area contributed by atoms with Crippen molar-refractivity contribution in [2.24, 2.45) is 0 Å². The Balaban J connectivity index is 3.58. The van der Waals surface area contributed by atoms with E-state index in [0.717, 1.165) is 0 Å². The van der Waals surface area contributed by atoms with Crippen LogP contribution >= 0.6 is 8.15 Å². The first-order chi connectivity index (χ1) is 4.22. The van der Waals surface area contributed by atoms with Crippen LogP contribution in [-0.2, 0) is 9.32 Å². The van der Waals surface area contributed by atoms with Gasteiger partial charge in [0, 0.05) is 6.61 Å². The highest BCUT2D eigenvalue weighted by molar-refractivity contribution is 7.70. The summed E-state index contributed by atoms with van der Waals surface area (Å²) in [6.07, 6.45) is 1.31. The van der Waals surface area contributed by atoms with Gasteiger partial charge in [-0.1, -0.05) is 6.58 Å².